The van der Waals surface area contributed by atoms with E-state index >= 15 is 0 Å². The van der Waals surface area contributed by atoms with Crippen molar-refractivity contribution in [2.24, 2.45) is 5.92 Å². The highest BCUT2D eigenvalue weighted by Crippen LogP contribution is 2.29. The summed E-state index contributed by atoms with van der Waals surface area (Å²) in [5.41, 5.74) is 8.02. The molecule has 2 rings (SSSR count). The minimum Gasteiger partial charge on any atom is -0.399 e. The number of sulfonamides is 1. The Morgan fingerprint density at radius 2 is 2.05 bits per heavy atom. The molecule has 5 heteroatoms. The molecule has 19 heavy (non-hydrogen) atoms. The fourth-order valence-electron chi connectivity index (χ4n) is 2.61. The summed E-state index contributed by atoms with van der Waals surface area (Å²) in [6.45, 7) is 7.09. The number of nitrogens with zero attached hydrogens (tertiary/aromatic N) is 1. The highest BCUT2D eigenvalue weighted by molar-refractivity contribution is 7.89. The van der Waals surface area contributed by atoms with Crippen LogP contribution in [0, 0.1) is 19.8 Å². The Morgan fingerprint density at radius 3 is 2.63 bits per heavy atom. The first-order chi connectivity index (χ1) is 8.86. The lowest BCUT2D eigenvalue weighted by molar-refractivity contribution is 0.452. The van der Waals surface area contributed by atoms with Gasteiger partial charge in [0.1, 0.15) is 0 Å². The summed E-state index contributed by atoms with van der Waals surface area (Å²) < 4.78 is 27.0. The van der Waals surface area contributed by atoms with Crippen molar-refractivity contribution in [1.82, 2.24) is 4.31 Å². The number of anilines is 1. The minimum atomic E-state index is -3.40. The van der Waals surface area contributed by atoms with Crippen molar-refractivity contribution in [3.63, 3.8) is 0 Å². The van der Waals surface area contributed by atoms with Crippen LogP contribution in [0.25, 0.3) is 0 Å². The van der Waals surface area contributed by atoms with E-state index in [0.717, 1.165) is 24.0 Å². The van der Waals surface area contributed by atoms with E-state index in [1.165, 1.54) is 0 Å². The number of nitrogens with two attached hydrogens (primary N) is 1. The topological polar surface area (TPSA) is 63.4 Å². The molecule has 0 bridgehead atoms. The molecule has 0 radical (unpaired) electrons. The van der Waals surface area contributed by atoms with Crippen LogP contribution in [0.3, 0.4) is 0 Å². The molecule has 1 aliphatic rings. The molecular formula is C14H22N2O2S. The van der Waals surface area contributed by atoms with E-state index in [-0.39, 0.29) is 0 Å². The van der Waals surface area contributed by atoms with Crippen LogP contribution in [-0.2, 0) is 10.0 Å². The van der Waals surface area contributed by atoms with Crippen LogP contribution in [0.1, 0.15) is 30.9 Å². The molecule has 1 unspecified atom stereocenters. The summed E-state index contributed by atoms with van der Waals surface area (Å²) in [4.78, 5) is 0.363. The van der Waals surface area contributed by atoms with Gasteiger partial charge in [0, 0.05) is 18.8 Å². The number of hydrogen-bond acceptors (Lipinski definition) is 3. The van der Waals surface area contributed by atoms with Crippen molar-refractivity contribution in [2.45, 2.75) is 38.5 Å². The largest absolute Gasteiger partial charge is 0.399 e. The van der Waals surface area contributed by atoms with Crippen LogP contribution in [0.15, 0.2) is 17.0 Å². The SMILES string of the molecule is CCC1CCN(S(=O)(=O)c2cc(N)cc(C)c2C)C1. The number of benzene rings is 1. The minimum absolute atomic E-state index is 0.363. The van der Waals surface area contributed by atoms with Gasteiger partial charge in [0.15, 0.2) is 0 Å². The number of aryl methyl sites for hydroxylation is 1. The van der Waals surface area contributed by atoms with Gasteiger partial charge in [0.2, 0.25) is 10.0 Å². The van der Waals surface area contributed by atoms with Gasteiger partial charge in [-0.25, -0.2) is 8.42 Å². The molecule has 2 N–H and O–H groups in total. The molecule has 1 aromatic carbocycles. The van der Waals surface area contributed by atoms with Gasteiger partial charge >= 0.3 is 0 Å². The molecule has 1 atom stereocenters. The lowest BCUT2D eigenvalue weighted by atomic mass is 10.1. The van der Waals surface area contributed by atoms with Crippen LogP contribution >= 0.6 is 0 Å². The molecule has 0 amide bonds. The zero-order valence-corrected chi connectivity index (χ0v) is 12.6. The number of nitrogen functional groups attached to an aromatic ring is 1. The highest BCUT2D eigenvalue weighted by Gasteiger charge is 2.32. The average molecular weight is 282 g/mol. The molecule has 1 heterocycles. The first-order valence-corrected chi connectivity index (χ1v) is 8.17. The lowest BCUT2D eigenvalue weighted by Crippen LogP contribution is -2.29. The molecule has 0 spiro atoms. The predicted molar refractivity (Wildman–Crippen MR) is 77.5 cm³/mol. The van der Waals surface area contributed by atoms with E-state index in [9.17, 15) is 8.42 Å². The van der Waals surface area contributed by atoms with Crippen molar-refractivity contribution in [1.29, 1.82) is 0 Å². The molecular weight excluding hydrogens is 260 g/mol. The monoisotopic (exact) mass is 282 g/mol. The maximum atomic E-state index is 12.7. The van der Waals surface area contributed by atoms with Crippen molar-refractivity contribution >= 4 is 15.7 Å². The molecule has 0 saturated carbocycles. The van der Waals surface area contributed by atoms with Crippen LogP contribution < -0.4 is 5.73 Å². The van der Waals surface area contributed by atoms with Gasteiger partial charge in [-0.2, -0.15) is 4.31 Å². The zero-order chi connectivity index (χ0) is 14.2. The molecule has 1 saturated heterocycles. The molecule has 1 aliphatic heterocycles. The van der Waals surface area contributed by atoms with E-state index in [2.05, 4.69) is 6.92 Å². The fraction of sp³-hybridized carbons (Fsp3) is 0.571. The smallest absolute Gasteiger partial charge is 0.243 e. The first kappa shape index (κ1) is 14.3. The third-order valence-electron chi connectivity index (χ3n) is 4.09. The molecule has 1 aromatic rings. The van der Waals surface area contributed by atoms with E-state index in [0.29, 0.717) is 29.6 Å². The Labute approximate surface area is 115 Å². The first-order valence-electron chi connectivity index (χ1n) is 6.73. The van der Waals surface area contributed by atoms with Gasteiger partial charge in [-0.1, -0.05) is 13.3 Å². The van der Waals surface area contributed by atoms with Crippen molar-refractivity contribution in [3.8, 4) is 0 Å². The van der Waals surface area contributed by atoms with Crippen molar-refractivity contribution in [3.05, 3.63) is 23.3 Å². The van der Waals surface area contributed by atoms with Crippen molar-refractivity contribution < 1.29 is 8.42 Å². The van der Waals surface area contributed by atoms with Crippen LogP contribution in [0.4, 0.5) is 5.69 Å². The standard InChI is InChI=1S/C14H22N2O2S/c1-4-12-5-6-16(9-12)19(17,18)14-8-13(15)7-10(2)11(14)3/h7-8,12H,4-6,9,15H2,1-3H3. The second-order valence-electron chi connectivity index (χ2n) is 5.39. The Balaban J connectivity index is 2.41. The van der Waals surface area contributed by atoms with Gasteiger partial charge in [0.05, 0.1) is 4.90 Å². The molecule has 106 valence electrons. The fourth-order valence-corrected chi connectivity index (χ4v) is 4.47. The average Bonchev–Trinajstić information content (AvgIpc) is 2.83. The Morgan fingerprint density at radius 1 is 1.37 bits per heavy atom. The second-order valence-corrected chi connectivity index (χ2v) is 7.29. The summed E-state index contributed by atoms with van der Waals surface area (Å²) in [7, 11) is -3.40. The maximum absolute atomic E-state index is 12.7. The summed E-state index contributed by atoms with van der Waals surface area (Å²) >= 11 is 0. The van der Waals surface area contributed by atoms with E-state index in [4.69, 9.17) is 5.73 Å². The van der Waals surface area contributed by atoms with Gasteiger partial charge in [0.25, 0.3) is 0 Å². The molecule has 4 nitrogen and oxygen atoms in total. The van der Waals surface area contributed by atoms with Crippen LogP contribution in [0.2, 0.25) is 0 Å². The van der Waals surface area contributed by atoms with Crippen molar-refractivity contribution in [2.75, 3.05) is 18.8 Å². The zero-order valence-electron chi connectivity index (χ0n) is 11.8. The molecule has 1 fully saturated rings. The quantitative estimate of drug-likeness (QED) is 0.865. The lowest BCUT2D eigenvalue weighted by Gasteiger charge is -2.19. The summed E-state index contributed by atoms with van der Waals surface area (Å²) in [6.07, 6.45) is 1.98. The summed E-state index contributed by atoms with van der Waals surface area (Å²) in [5.74, 6) is 0.484. The molecule has 0 aromatic heterocycles. The van der Waals surface area contributed by atoms with Gasteiger partial charge in [-0.3, -0.25) is 0 Å². The third-order valence-corrected chi connectivity index (χ3v) is 6.08. The number of rotatable bonds is 3. The second kappa shape index (κ2) is 5.13. The van der Waals surface area contributed by atoms with Crippen LogP contribution in [0.5, 0.6) is 0 Å². The van der Waals surface area contributed by atoms with Crippen LogP contribution in [-0.4, -0.2) is 25.8 Å². The van der Waals surface area contributed by atoms with Gasteiger partial charge in [-0.05, 0) is 49.4 Å². The Bertz CT molecular complexity index is 581. The highest BCUT2D eigenvalue weighted by atomic mass is 32.2. The predicted octanol–water partition coefficient (Wildman–Crippen LogP) is 2.31. The maximum Gasteiger partial charge on any atom is 0.243 e. The van der Waals surface area contributed by atoms with E-state index in [1.54, 1.807) is 10.4 Å². The Hall–Kier alpha value is -1.07. The third kappa shape index (κ3) is 2.62. The summed E-state index contributed by atoms with van der Waals surface area (Å²) in [5, 5.41) is 0. The van der Waals surface area contributed by atoms with E-state index in [1.807, 2.05) is 19.9 Å². The summed E-state index contributed by atoms with van der Waals surface area (Å²) in [6, 6.07) is 3.39. The normalized spacial score (nSPS) is 20.9. The van der Waals surface area contributed by atoms with Gasteiger partial charge in [-0.15, -0.1) is 0 Å². The molecule has 0 aliphatic carbocycles. The van der Waals surface area contributed by atoms with E-state index < -0.39 is 10.0 Å². The Kier molecular flexibility index (Phi) is 3.87. The number of hydrogen-bond donors (Lipinski definition) is 1. The van der Waals surface area contributed by atoms with Gasteiger partial charge < -0.3 is 5.73 Å².